The minimum absolute atomic E-state index is 0.00251. The molecule has 0 heterocycles. The molecule has 1 aromatic rings. The highest BCUT2D eigenvalue weighted by Gasteiger charge is 2.21. The van der Waals surface area contributed by atoms with Crippen molar-refractivity contribution in [3.63, 3.8) is 0 Å². The Labute approximate surface area is 122 Å². The second-order valence-electron chi connectivity index (χ2n) is 3.83. The molecule has 0 atom stereocenters. The number of benzene rings is 1. The van der Waals surface area contributed by atoms with Gasteiger partial charge in [0.05, 0.1) is 23.9 Å². The molecule has 0 radical (unpaired) electrons. The predicted octanol–water partition coefficient (Wildman–Crippen LogP) is -0.0369. The van der Waals surface area contributed by atoms with E-state index in [2.05, 4.69) is 10.0 Å². The Morgan fingerprint density at radius 3 is 2.75 bits per heavy atom. The Balaban J connectivity index is 2.69. The van der Waals surface area contributed by atoms with E-state index in [4.69, 9.17) is 22.1 Å². The molecule has 0 saturated carbocycles. The van der Waals surface area contributed by atoms with Crippen LogP contribution in [0.1, 0.15) is 0 Å². The smallest absolute Gasteiger partial charge is 0.244 e. The van der Waals surface area contributed by atoms with Gasteiger partial charge in [-0.25, -0.2) is 13.1 Å². The summed E-state index contributed by atoms with van der Waals surface area (Å²) in [7, 11) is -2.45. The lowest BCUT2D eigenvalue weighted by atomic mass is 10.3. The maximum atomic E-state index is 12.0. The van der Waals surface area contributed by atoms with Gasteiger partial charge >= 0.3 is 0 Å². The standard InChI is InChI=1S/C11H16ClN3O4S/c1-19-6-5-14-10(16)7-15-20(17,18)11-8(12)3-2-4-9(11)13/h2-4,15H,5-7,13H2,1H3,(H,14,16). The van der Waals surface area contributed by atoms with Crippen molar-refractivity contribution in [2.45, 2.75) is 4.90 Å². The fourth-order valence-corrected chi connectivity index (χ4v) is 3.05. The van der Waals surface area contributed by atoms with Gasteiger partial charge in [0.25, 0.3) is 0 Å². The maximum Gasteiger partial charge on any atom is 0.244 e. The summed E-state index contributed by atoms with van der Waals surface area (Å²) in [5.74, 6) is -0.476. The number of carbonyl (C=O) groups excluding carboxylic acids is 1. The maximum absolute atomic E-state index is 12.0. The summed E-state index contributed by atoms with van der Waals surface area (Å²) in [5, 5.41) is 2.48. The van der Waals surface area contributed by atoms with Crippen molar-refractivity contribution in [1.29, 1.82) is 0 Å². The molecule has 0 spiro atoms. The molecule has 0 unspecified atom stereocenters. The van der Waals surface area contributed by atoms with E-state index in [9.17, 15) is 13.2 Å². The fourth-order valence-electron chi connectivity index (χ4n) is 1.40. The minimum Gasteiger partial charge on any atom is -0.398 e. The summed E-state index contributed by atoms with van der Waals surface area (Å²) in [5.41, 5.74) is 5.61. The van der Waals surface area contributed by atoms with Gasteiger partial charge < -0.3 is 15.8 Å². The molecule has 0 aliphatic heterocycles. The van der Waals surface area contributed by atoms with Gasteiger partial charge in [-0.05, 0) is 12.1 Å². The van der Waals surface area contributed by atoms with Gasteiger partial charge in [0.2, 0.25) is 15.9 Å². The Kier molecular flexibility index (Phi) is 6.21. The zero-order valence-corrected chi connectivity index (χ0v) is 12.4. The van der Waals surface area contributed by atoms with E-state index in [-0.39, 0.29) is 15.6 Å². The van der Waals surface area contributed by atoms with E-state index in [0.29, 0.717) is 13.2 Å². The normalized spacial score (nSPS) is 11.3. The van der Waals surface area contributed by atoms with Crippen LogP contribution in [0, 0.1) is 0 Å². The molecule has 0 saturated heterocycles. The van der Waals surface area contributed by atoms with Gasteiger partial charge in [-0.2, -0.15) is 0 Å². The number of nitrogens with one attached hydrogen (secondary N) is 2. The van der Waals surface area contributed by atoms with Crippen molar-refractivity contribution >= 4 is 33.2 Å². The van der Waals surface area contributed by atoms with Crippen LogP contribution in [0.5, 0.6) is 0 Å². The summed E-state index contributed by atoms with van der Waals surface area (Å²) in [4.78, 5) is 11.2. The summed E-state index contributed by atoms with van der Waals surface area (Å²) in [6, 6.07) is 4.36. The fraction of sp³-hybridized carbons (Fsp3) is 0.364. The van der Waals surface area contributed by atoms with E-state index < -0.39 is 22.5 Å². The van der Waals surface area contributed by atoms with Crippen molar-refractivity contribution in [2.75, 3.05) is 32.5 Å². The molecule has 0 aliphatic rings. The first-order chi connectivity index (χ1) is 9.38. The number of nitrogen functional groups attached to an aromatic ring is 1. The third kappa shape index (κ3) is 4.64. The molecule has 0 aliphatic carbocycles. The lowest BCUT2D eigenvalue weighted by molar-refractivity contribution is -0.120. The van der Waals surface area contributed by atoms with Gasteiger partial charge in [-0.15, -0.1) is 0 Å². The molecule has 9 heteroatoms. The summed E-state index contributed by atoms with van der Waals surface area (Å²) < 4.78 is 30.9. The van der Waals surface area contributed by atoms with Crippen LogP contribution < -0.4 is 15.8 Å². The molecule has 0 aromatic heterocycles. The zero-order chi connectivity index (χ0) is 15.2. The molecule has 4 N–H and O–H groups in total. The monoisotopic (exact) mass is 321 g/mol. The van der Waals surface area contributed by atoms with Gasteiger partial charge in [0.1, 0.15) is 4.90 Å². The van der Waals surface area contributed by atoms with E-state index in [1.807, 2.05) is 0 Å². The molecular weight excluding hydrogens is 306 g/mol. The third-order valence-corrected chi connectivity index (χ3v) is 4.26. The zero-order valence-electron chi connectivity index (χ0n) is 10.8. The highest BCUT2D eigenvalue weighted by Crippen LogP contribution is 2.26. The summed E-state index contributed by atoms with van der Waals surface area (Å²) in [6.07, 6.45) is 0. The number of nitrogens with two attached hydrogens (primary N) is 1. The SMILES string of the molecule is COCCNC(=O)CNS(=O)(=O)c1c(N)cccc1Cl. The first kappa shape index (κ1) is 16.7. The largest absolute Gasteiger partial charge is 0.398 e. The van der Waals surface area contributed by atoms with Gasteiger partial charge in [-0.1, -0.05) is 17.7 Å². The van der Waals surface area contributed by atoms with Crippen LogP contribution in [0.25, 0.3) is 0 Å². The van der Waals surface area contributed by atoms with Crippen LogP contribution in [0.3, 0.4) is 0 Å². The number of carbonyl (C=O) groups is 1. The van der Waals surface area contributed by atoms with Crippen LogP contribution in [0.4, 0.5) is 5.69 Å². The van der Waals surface area contributed by atoms with E-state index in [1.54, 1.807) is 0 Å². The first-order valence-electron chi connectivity index (χ1n) is 5.67. The minimum atomic E-state index is -3.95. The van der Waals surface area contributed by atoms with Crippen molar-refractivity contribution in [3.8, 4) is 0 Å². The lowest BCUT2D eigenvalue weighted by Crippen LogP contribution is -2.38. The topological polar surface area (TPSA) is 111 Å². The predicted molar refractivity (Wildman–Crippen MR) is 75.9 cm³/mol. The number of methoxy groups -OCH3 is 1. The van der Waals surface area contributed by atoms with Crippen LogP contribution >= 0.6 is 11.6 Å². The second-order valence-corrected chi connectivity index (χ2v) is 5.94. The summed E-state index contributed by atoms with van der Waals surface area (Å²) in [6.45, 7) is 0.234. The first-order valence-corrected chi connectivity index (χ1v) is 7.54. The molecule has 20 heavy (non-hydrogen) atoms. The number of ether oxygens (including phenoxy) is 1. The van der Waals surface area contributed by atoms with Gasteiger partial charge in [-0.3, -0.25) is 4.79 Å². The number of amides is 1. The van der Waals surface area contributed by atoms with Crippen LogP contribution in [-0.2, 0) is 19.6 Å². The number of sulfonamides is 1. The molecule has 0 fully saturated rings. The van der Waals surface area contributed by atoms with E-state index >= 15 is 0 Å². The van der Waals surface area contributed by atoms with Crippen molar-refractivity contribution in [2.24, 2.45) is 0 Å². The number of hydrogen-bond acceptors (Lipinski definition) is 5. The Hall–Kier alpha value is -1.35. The molecule has 1 rings (SSSR count). The molecule has 7 nitrogen and oxygen atoms in total. The average Bonchev–Trinajstić information content (AvgIpc) is 2.36. The van der Waals surface area contributed by atoms with Gasteiger partial charge in [0.15, 0.2) is 0 Å². The number of rotatable bonds is 7. The van der Waals surface area contributed by atoms with Crippen molar-refractivity contribution < 1.29 is 17.9 Å². The Morgan fingerprint density at radius 1 is 1.45 bits per heavy atom. The van der Waals surface area contributed by atoms with Crippen molar-refractivity contribution in [1.82, 2.24) is 10.0 Å². The number of halogens is 1. The molecule has 1 aromatic carbocycles. The molecular formula is C11H16ClN3O4S. The Bertz CT molecular complexity index is 557. The van der Waals surface area contributed by atoms with Crippen LogP contribution in [-0.4, -0.2) is 41.1 Å². The number of hydrogen-bond donors (Lipinski definition) is 3. The van der Waals surface area contributed by atoms with E-state index in [0.717, 1.165) is 0 Å². The highest BCUT2D eigenvalue weighted by atomic mass is 35.5. The second kappa shape index (κ2) is 7.44. The summed E-state index contributed by atoms with van der Waals surface area (Å²) >= 11 is 5.82. The lowest BCUT2D eigenvalue weighted by Gasteiger charge is -2.10. The Morgan fingerprint density at radius 2 is 2.15 bits per heavy atom. The van der Waals surface area contributed by atoms with E-state index in [1.165, 1.54) is 25.3 Å². The average molecular weight is 322 g/mol. The third-order valence-electron chi connectivity index (χ3n) is 2.32. The van der Waals surface area contributed by atoms with Gasteiger partial charge in [0, 0.05) is 13.7 Å². The highest BCUT2D eigenvalue weighted by molar-refractivity contribution is 7.89. The molecule has 112 valence electrons. The van der Waals surface area contributed by atoms with Crippen LogP contribution in [0.2, 0.25) is 5.02 Å². The molecule has 0 bridgehead atoms. The molecule has 1 amide bonds. The van der Waals surface area contributed by atoms with Crippen molar-refractivity contribution in [3.05, 3.63) is 23.2 Å². The van der Waals surface area contributed by atoms with Crippen LogP contribution in [0.15, 0.2) is 23.1 Å². The quantitative estimate of drug-likeness (QED) is 0.482. The number of anilines is 1.